The highest BCUT2D eigenvalue weighted by atomic mass is 16.5. The second-order valence-electron chi connectivity index (χ2n) is 4.40. The number of carboxylic acid groups (broad SMARTS) is 2. The summed E-state index contributed by atoms with van der Waals surface area (Å²) >= 11 is 0. The molecule has 8 heteroatoms. The van der Waals surface area contributed by atoms with Gasteiger partial charge in [0.05, 0.1) is 11.1 Å². The Kier molecular flexibility index (Phi) is 4.90. The summed E-state index contributed by atoms with van der Waals surface area (Å²) in [5, 5.41) is 18.7. The molecule has 0 unspecified atom stereocenters. The molecule has 122 valence electrons. The van der Waals surface area contributed by atoms with E-state index in [0.29, 0.717) is 0 Å². The summed E-state index contributed by atoms with van der Waals surface area (Å²) in [6.45, 7) is 0.155. The Bertz CT molecular complexity index is 755. The lowest BCUT2D eigenvalue weighted by molar-refractivity contribution is -0.121. The van der Waals surface area contributed by atoms with Gasteiger partial charge in [0.15, 0.2) is 0 Å². The van der Waals surface area contributed by atoms with Crippen LogP contribution in [0, 0.1) is 0 Å². The lowest BCUT2D eigenvalue weighted by Gasteiger charge is -2.15. The lowest BCUT2D eigenvalue weighted by Crippen LogP contribution is -2.08. The quantitative estimate of drug-likeness (QED) is 0.736. The Morgan fingerprint density at radius 1 is 0.750 bits per heavy atom. The first kappa shape index (κ1) is 16.7. The summed E-state index contributed by atoms with van der Waals surface area (Å²) < 4.78 is 9.54. The Hall–Kier alpha value is -3.68. The maximum Gasteiger partial charge on any atom is 0.336 e. The van der Waals surface area contributed by atoms with Crippen LogP contribution in [0.15, 0.2) is 36.4 Å². The molecule has 2 aromatic rings. The van der Waals surface area contributed by atoms with E-state index < -0.39 is 11.9 Å². The van der Waals surface area contributed by atoms with Crippen molar-refractivity contribution in [2.45, 2.75) is 0 Å². The average Bonchev–Trinajstić information content (AvgIpc) is 2.55. The number of hydrogen-bond acceptors (Lipinski definition) is 6. The molecule has 0 bridgehead atoms. The summed E-state index contributed by atoms with van der Waals surface area (Å²) in [5.74, 6) is -3.12. The molecule has 0 heterocycles. The van der Waals surface area contributed by atoms with E-state index in [0.717, 1.165) is 0 Å². The number of carbonyl (C=O) groups is 4. The summed E-state index contributed by atoms with van der Waals surface area (Å²) in [5.41, 5.74) is -1.02. The summed E-state index contributed by atoms with van der Waals surface area (Å²) in [6, 6.07) is 7.65. The monoisotopic (exact) mass is 330 g/mol. The third kappa shape index (κ3) is 3.07. The molecule has 2 aromatic carbocycles. The third-order valence-electron chi connectivity index (χ3n) is 3.11. The van der Waals surface area contributed by atoms with E-state index in [1.807, 2.05) is 0 Å². The standard InChI is InChI=1S/C16H10O8/c17-7-23-11-5-1-3-9(15(19)20)13(11)14-10(16(21)22)4-2-6-12(14)24-8-18/h1-8H,(H,19,20)(H,21,22). The van der Waals surface area contributed by atoms with Crippen LogP contribution in [-0.4, -0.2) is 35.1 Å². The van der Waals surface area contributed by atoms with Crippen LogP contribution >= 0.6 is 0 Å². The van der Waals surface area contributed by atoms with Gasteiger partial charge in [0.25, 0.3) is 12.9 Å². The topological polar surface area (TPSA) is 127 Å². The fraction of sp³-hybridized carbons (Fsp3) is 0. The van der Waals surface area contributed by atoms with Crippen molar-refractivity contribution in [3.8, 4) is 22.6 Å². The molecule has 0 radical (unpaired) electrons. The molecule has 0 fully saturated rings. The van der Waals surface area contributed by atoms with E-state index in [2.05, 4.69) is 0 Å². The van der Waals surface area contributed by atoms with Crippen LogP contribution in [0.25, 0.3) is 11.1 Å². The van der Waals surface area contributed by atoms with Gasteiger partial charge in [0.1, 0.15) is 11.5 Å². The zero-order valence-corrected chi connectivity index (χ0v) is 12.0. The van der Waals surface area contributed by atoms with Crippen molar-refractivity contribution in [2.75, 3.05) is 0 Å². The van der Waals surface area contributed by atoms with E-state index in [4.69, 9.17) is 9.47 Å². The number of benzene rings is 2. The maximum atomic E-state index is 11.5. The van der Waals surface area contributed by atoms with Crippen LogP contribution in [0.1, 0.15) is 20.7 Å². The lowest BCUT2D eigenvalue weighted by atomic mass is 9.93. The highest BCUT2D eigenvalue weighted by Crippen LogP contribution is 2.41. The molecule has 0 saturated carbocycles. The summed E-state index contributed by atoms with van der Waals surface area (Å²) in [6.07, 6.45) is 0. The van der Waals surface area contributed by atoms with Gasteiger partial charge in [-0.2, -0.15) is 0 Å². The van der Waals surface area contributed by atoms with Gasteiger partial charge in [0.2, 0.25) is 0 Å². The predicted molar refractivity (Wildman–Crippen MR) is 79.2 cm³/mol. The van der Waals surface area contributed by atoms with Gasteiger partial charge in [-0.1, -0.05) is 12.1 Å². The van der Waals surface area contributed by atoms with Crippen molar-refractivity contribution in [3.63, 3.8) is 0 Å². The van der Waals surface area contributed by atoms with Crippen molar-refractivity contribution < 1.29 is 38.9 Å². The van der Waals surface area contributed by atoms with Gasteiger partial charge < -0.3 is 19.7 Å². The Morgan fingerprint density at radius 2 is 1.12 bits per heavy atom. The number of rotatable bonds is 7. The zero-order valence-electron chi connectivity index (χ0n) is 12.0. The molecule has 0 saturated heterocycles. The molecule has 0 atom stereocenters. The van der Waals surface area contributed by atoms with Crippen LogP contribution in [0.2, 0.25) is 0 Å². The molecule has 2 rings (SSSR count). The average molecular weight is 330 g/mol. The Balaban J connectivity index is 2.93. The van der Waals surface area contributed by atoms with Crippen molar-refractivity contribution >= 4 is 24.9 Å². The summed E-state index contributed by atoms with van der Waals surface area (Å²) in [4.78, 5) is 44.4. The van der Waals surface area contributed by atoms with E-state index in [1.54, 1.807) is 0 Å². The number of hydrogen-bond donors (Lipinski definition) is 2. The molecule has 0 amide bonds. The van der Waals surface area contributed by atoms with Crippen LogP contribution < -0.4 is 9.47 Å². The first-order chi connectivity index (χ1) is 11.5. The highest BCUT2D eigenvalue weighted by Gasteiger charge is 2.25. The molecule has 0 aliphatic heterocycles. The Labute approximate surface area is 134 Å². The van der Waals surface area contributed by atoms with Crippen molar-refractivity contribution in [2.24, 2.45) is 0 Å². The van der Waals surface area contributed by atoms with E-state index in [-0.39, 0.29) is 46.7 Å². The first-order valence-corrected chi connectivity index (χ1v) is 6.44. The molecule has 8 nitrogen and oxygen atoms in total. The number of carbonyl (C=O) groups excluding carboxylic acids is 2. The normalized spacial score (nSPS) is 9.83. The fourth-order valence-electron chi connectivity index (χ4n) is 2.23. The molecule has 0 spiro atoms. The van der Waals surface area contributed by atoms with Crippen LogP contribution in [-0.2, 0) is 9.59 Å². The van der Waals surface area contributed by atoms with Gasteiger partial charge in [-0.3, -0.25) is 9.59 Å². The molecule has 24 heavy (non-hydrogen) atoms. The van der Waals surface area contributed by atoms with Crippen LogP contribution in [0.4, 0.5) is 0 Å². The second kappa shape index (κ2) is 7.05. The number of aromatic carboxylic acids is 2. The van der Waals surface area contributed by atoms with E-state index in [1.165, 1.54) is 36.4 Å². The molecule has 2 N–H and O–H groups in total. The number of ether oxygens (including phenoxy) is 2. The molecular weight excluding hydrogens is 320 g/mol. The van der Waals surface area contributed by atoms with Gasteiger partial charge in [0, 0.05) is 11.1 Å². The molecule has 0 aliphatic carbocycles. The Morgan fingerprint density at radius 3 is 1.42 bits per heavy atom. The highest BCUT2D eigenvalue weighted by molar-refractivity contribution is 6.05. The zero-order chi connectivity index (χ0) is 17.7. The van der Waals surface area contributed by atoms with Crippen molar-refractivity contribution in [1.82, 2.24) is 0 Å². The maximum absolute atomic E-state index is 11.5. The largest absolute Gasteiger partial charge is 0.478 e. The third-order valence-corrected chi connectivity index (χ3v) is 3.11. The summed E-state index contributed by atoms with van der Waals surface area (Å²) in [7, 11) is 0. The van der Waals surface area contributed by atoms with Crippen molar-refractivity contribution in [3.05, 3.63) is 47.5 Å². The fourth-order valence-corrected chi connectivity index (χ4v) is 2.23. The SMILES string of the molecule is O=COc1cccc(C(=O)O)c1-c1c(OC=O)cccc1C(=O)O. The molecule has 0 aliphatic rings. The second-order valence-corrected chi connectivity index (χ2v) is 4.40. The van der Waals surface area contributed by atoms with Crippen molar-refractivity contribution in [1.29, 1.82) is 0 Å². The van der Waals surface area contributed by atoms with Gasteiger partial charge in [-0.15, -0.1) is 0 Å². The van der Waals surface area contributed by atoms with E-state index >= 15 is 0 Å². The number of carboxylic acids is 2. The van der Waals surface area contributed by atoms with Gasteiger partial charge in [-0.25, -0.2) is 9.59 Å². The smallest absolute Gasteiger partial charge is 0.336 e. The van der Waals surface area contributed by atoms with E-state index in [9.17, 15) is 29.4 Å². The molecular formula is C16H10O8. The minimum atomic E-state index is -1.38. The first-order valence-electron chi connectivity index (χ1n) is 6.44. The van der Waals surface area contributed by atoms with Gasteiger partial charge >= 0.3 is 11.9 Å². The predicted octanol–water partition coefficient (Wildman–Crippen LogP) is 1.82. The van der Waals surface area contributed by atoms with Crippen LogP contribution in [0.3, 0.4) is 0 Å². The minimum Gasteiger partial charge on any atom is -0.478 e. The molecule has 0 aromatic heterocycles. The minimum absolute atomic E-state index is 0.0775. The van der Waals surface area contributed by atoms with Gasteiger partial charge in [-0.05, 0) is 24.3 Å². The van der Waals surface area contributed by atoms with Crippen LogP contribution in [0.5, 0.6) is 11.5 Å².